The van der Waals surface area contributed by atoms with E-state index in [4.69, 9.17) is 16.6 Å². The highest BCUT2D eigenvalue weighted by atomic mass is 35.5. The summed E-state index contributed by atoms with van der Waals surface area (Å²) in [4.78, 5) is 31.6. The summed E-state index contributed by atoms with van der Waals surface area (Å²) in [5.74, 6) is -0.269. The average Bonchev–Trinajstić information content (AvgIpc) is 3.03. The zero-order chi connectivity index (χ0) is 21.0. The van der Waals surface area contributed by atoms with E-state index in [0.29, 0.717) is 29.2 Å². The minimum Gasteiger partial charge on any atom is -0.299 e. The van der Waals surface area contributed by atoms with E-state index in [1.54, 1.807) is 0 Å². The summed E-state index contributed by atoms with van der Waals surface area (Å²) < 4.78 is 1.51. The quantitative estimate of drug-likeness (QED) is 0.632. The third kappa shape index (κ3) is 2.96. The normalized spacial score (nSPS) is 22.2. The number of aliphatic imine (C=N–C) groups is 1. The fourth-order valence-electron chi connectivity index (χ4n) is 4.85. The van der Waals surface area contributed by atoms with Gasteiger partial charge in [-0.1, -0.05) is 61.8 Å². The molecule has 2 aliphatic rings. The van der Waals surface area contributed by atoms with Gasteiger partial charge in [0.05, 0.1) is 17.2 Å². The molecule has 1 fully saturated rings. The molecule has 1 saturated carbocycles. The largest absolute Gasteiger partial charge is 0.299 e. The van der Waals surface area contributed by atoms with E-state index in [0.717, 1.165) is 17.0 Å². The Bertz CT molecular complexity index is 1240. The molecule has 5 rings (SSSR count). The maximum Gasteiger partial charge on any atom is 0.277 e. The van der Waals surface area contributed by atoms with Crippen molar-refractivity contribution in [2.75, 3.05) is 0 Å². The van der Waals surface area contributed by atoms with Gasteiger partial charge in [-0.15, -0.1) is 0 Å². The van der Waals surface area contributed by atoms with Gasteiger partial charge in [-0.3, -0.25) is 14.7 Å². The lowest BCUT2D eigenvalue weighted by atomic mass is 9.64. The van der Waals surface area contributed by atoms with Crippen LogP contribution >= 0.6 is 11.6 Å². The number of carbonyl (C=O) groups is 1. The topological polar surface area (TPSA) is 67.2 Å². The highest BCUT2D eigenvalue weighted by Gasteiger charge is 2.47. The van der Waals surface area contributed by atoms with Crippen molar-refractivity contribution in [2.45, 2.75) is 32.6 Å². The van der Waals surface area contributed by atoms with Gasteiger partial charge in [-0.05, 0) is 35.6 Å². The molecule has 0 amide bonds. The van der Waals surface area contributed by atoms with Crippen molar-refractivity contribution >= 4 is 28.9 Å². The van der Waals surface area contributed by atoms with E-state index in [2.05, 4.69) is 18.9 Å². The number of para-hydroxylation sites is 1. The van der Waals surface area contributed by atoms with Crippen molar-refractivity contribution in [2.24, 2.45) is 16.3 Å². The monoisotopic (exact) mass is 419 g/mol. The molecule has 2 atom stereocenters. The average molecular weight is 420 g/mol. The molecular weight excluding hydrogens is 398 g/mol. The molecule has 152 valence electrons. The Morgan fingerprint density at radius 3 is 2.43 bits per heavy atom. The lowest BCUT2D eigenvalue weighted by Crippen LogP contribution is -2.43. The van der Waals surface area contributed by atoms with Gasteiger partial charge in [0.15, 0.2) is 5.82 Å². The van der Waals surface area contributed by atoms with Crippen LogP contribution in [0.1, 0.15) is 43.7 Å². The second-order valence-electron chi connectivity index (χ2n) is 8.91. The summed E-state index contributed by atoms with van der Waals surface area (Å²) >= 11 is 6.56. The van der Waals surface area contributed by atoms with E-state index in [1.165, 1.54) is 4.68 Å². The number of fused-ring (bicyclic) bond motifs is 2. The lowest BCUT2D eigenvalue weighted by molar-refractivity contribution is -0.124. The number of rotatable bonds is 2. The van der Waals surface area contributed by atoms with Crippen molar-refractivity contribution in [3.05, 3.63) is 81.1 Å². The third-order valence-electron chi connectivity index (χ3n) is 6.08. The van der Waals surface area contributed by atoms with Crippen LogP contribution in [0.25, 0.3) is 5.69 Å². The van der Waals surface area contributed by atoms with E-state index >= 15 is 0 Å². The van der Waals surface area contributed by atoms with Gasteiger partial charge in [0.1, 0.15) is 5.78 Å². The molecular formula is C24H22ClN3O2. The van der Waals surface area contributed by atoms with Gasteiger partial charge in [-0.25, -0.2) is 9.67 Å². The van der Waals surface area contributed by atoms with Crippen molar-refractivity contribution in [3.63, 3.8) is 0 Å². The van der Waals surface area contributed by atoms with E-state index < -0.39 is 11.8 Å². The highest BCUT2D eigenvalue weighted by Crippen LogP contribution is 2.48. The van der Waals surface area contributed by atoms with Gasteiger partial charge < -0.3 is 0 Å². The molecule has 30 heavy (non-hydrogen) atoms. The number of halogens is 1. The second-order valence-corrected chi connectivity index (χ2v) is 9.32. The number of hydrogen-bond donors (Lipinski definition) is 1. The lowest BCUT2D eigenvalue weighted by Gasteiger charge is -2.39. The molecule has 1 aromatic heterocycles. The van der Waals surface area contributed by atoms with Gasteiger partial charge in [0.25, 0.3) is 5.56 Å². The summed E-state index contributed by atoms with van der Waals surface area (Å²) in [6.07, 6.45) is 1.17. The number of nitrogens with one attached hydrogen (secondary N) is 1. The van der Waals surface area contributed by atoms with Crippen LogP contribution in [0.5, 0.6) is 0 Å². The Morgan fingerprint density at radius 2 is 1.70 bits per heavy atom. The molecule has 0 saturated heterocycles. The van der Waals surface area contributed by atoms with E-state index in [-0.39, 0.29) is 16.8 Å². The Hall–Kier alpha value is -2.92. The third-order valence-corrected chi connectivity index (χ3v) is 6.42. The zero-order valence-electron chi connectivity index (χ0n) is 16.9. The Balaban J connectivity index is 1.78. The van der Waals surface area contributed by atoms with Crippen LogP contribution in [0.2, 0.25) is 5.02 Å². The minimum atomic E-state index is -0.460. The first-order valence-electron chi connectivity index (χ1n) is 10.1. The van der Waals surface area contributed by atoms with Crippen LogP contribution in [0.3, 0.4) is 0 Å². The van der Waals surface area contributed by atoms with Crippen LogP contribution in [0.15, 0.2) is 64.4 Å². The number of hydrogen-bond acceptors (Lipinski definition) is 3. The van der Waals surface area contributed by atoms with Crippen molar-refractivity contribution in [1.82, 2.24) is 9.78 Å². The molecule has 5 nitrogen and oxygen atoms in total. The summed E-state index contributed by atoms with van der Waals surface area (Å²) in [5.41, 5.74) is 2.51. The van der Waals surface area contributed by atoms with Gasteiger partial charge in [-0.2, -0.15) is 0 Å². The van der Waals surface area contributed by atoms with Crippen LogP contribution in [-0.2, 0) is 4.79 Å². The molecule has 0 bridgehead atoms. The number of aromatic amines is 1. The maximum atomic E-state index is 13.5. The van der Waals surface area contributed by atoms with Crippen LogP contribution in [0.4, 0.5) is 5.82 Å². The minimum absolute atomic E-state index is 0.118. The van der Waals surface area contributed by atoms with Gasteiger partial charge >= 0.3 is 0 Å². The molecule has 2 unspecified atom stereocenters. The molecule has 1 aliphatic heterocycles. The number of aromatic nitrogens is 2. The Morgan fingerprint density at radius 1 is 1.00 bits per heavy atom. The number of benzene rings is 2. The van der Waals surface area contributed by atoms with Gasteiger partial charge in [0, 0.05) is 23.1 Å². The first kappa shape index (κ1) is 19.1. The number of H-pyrrole nitrogens is 1. The molecule has 3 aromatic rings. The van der Waals surface area contributed by atoms with E-state index in [1.807, 2.05) is 54.6 Å². The summed E-state index contributed by atoms with van der Waals surface area (Å²) in [6, 6.07) is 16.9. The SMILES string of the molecule is CC1(C)CC(=O)C2C(=Nc3[nH]n(-c4ccccc4)c(=O)c3C2c2ccccc2Cl)C1. The first-order valence-corrected chi connectivity index (χ1v) is 10.5. The van der Waals surface area contributed by atoms with Crippen LogP contribution in [-0.4, -0.2) is 21.3 Å². The van der Waals surface area contributed by atoms with Crippen molar-refractivity contribution in [3.8, 4) is 5.69 Å². The van der Waals surface area contributed by atoms with Crippen molar-refractivity contribution < 1.29 is 4.79 Å². The predicted octanol–water partition coefficient (Wildman–Crippen LogP) is 5.04. The predicted molar refractivity (Wildman–Crippen MR) is 118 cm³/mol. The molecule has 2 aromatic carbocycles. The standard InChI is InChI=1S/C24H22ClN3O2/c1-24(2)12-17-20(18(29)13-24)19(15-10-6-7-11-16(15)25)21-22(26-17)27-28(23(21)30)14-8-4-3-5-9-14/h3-11,19-20,27H,12-13H2,1-2H3. The number of Topliss-reactive ketones (excluding diaryl/α,β-unsaturated/α-hetero) is 1. The smallest absolute Gasteiger partial charge is 0.277 e. The molecule has 0 spiro atoms. The second kappa shape index (κ2) is 6.81. The van der Waals surface area contributed by atoms with E-state index in [9.17, 15) is 9.59 Å². The molecule has 0 radical (unpaired) electrons. The molecule has 1 N–H and O–H groups in total. The molecule has 2 heterocycles. The molecule has 6 heteroatoms. The fourth-order valence-corrected chi connectivity index (χ4v) is 5.11. The molecule has 1 aliphatic carbocycles. The van der Waals surface area contributed by atoms with Crippen LogP contribution < -0.4 is 5.56 Å². The van der Waals surface area contributed by atoms with Gasteiger partial charge in [0.2, 0.25) is 0 Å². The number of ketones is 1. The zero-order valence-corrected chi connectivity index (χ0v) is 17.6. The fraction of sp³-hybridized carbons (Fsp3) is 0.292. The summed E-state index contributed by atoms with van der Waals surface area (Å²) in [7, 11) is 0. The van der Waals surface area contributed by atoms with Crippen molar-refractivity contribution in [1.29, 1.82) is 0 Å². The first-order chi connectivity index (χ1) is 14.4. The maximum absolute atomic E-state index is 13.5. The Labute approximate surface area is 179 Å². The number of nitrogens with zero attached hydrogens (tertiary/aromatic N) is 2. The van der Waals surface area contributed by atoms with Crippen LogP contribution in [0, 0.1) is 11.3 Å². The summed E-state index contributed by atoms with van der Waals surface area (Å²) in [5, 5.41) is 3.73. The number of carbonyl (C=O) groups excluding carboxylic acids is 1. The highest BCUT2D eigenvalue weighted by molar-refractivity contribution is 6.31. The Kier molecular flexibility index (Phi) is 4.33. The summed E-state index contributed by atoms with van der Waals surface area (Å²) in [6.45, 7) is 4.17.